The third-order valence-electron chi connectivity index (χ3n) is 4.86. The number of para-hydroxylation sites is 2. The summed E-state index contributed by atoms with van der Waals surface area (Å²) in [4.78, 5) is 31.3. The number of carbonyl (C=O) groups excluding carboxylic acids is 1. The lowest BCUT2D eigenvalue weighted by Gasteiger charge is -2.17. The van der Waals surface area contributed by atoms with Gasteiger partial charge in [0.15, 0.2) is 0 Å². The van der Waals surface area contributed by atoms with Gasteiger partial charge in [0.25, 0.3) is 5.56 Å². The summed E-state index contributed by atoms with van der Waals surface area (Å²) in [7, 11) is 1.71. The Kier molecular flexibility index (Phi) is 4.95. The number of aromatic nitrogens is 4. The number of hydrogen-bond acceptors (Lipinski definition) is 4. The molecule has 4 aromatic rings. The van der Waals surface area contributed by atoms with E-state index in [-0.39, 0.29) is 18.0 Å². The first-order valence-electron chi connectivity index (χ1n) is 9.30. The number of carbonyl (C=O) groups is 1. The number of fused-ring (bicyclic) bond motifs is 1. The van der Waals surface area contributed by atoms with Crippen molar-refractivity contribution in [3.05, 3.63) is 88.7 Å². The van der Waals surface area contributed by atoms with E-state index in [0.29, 0.717) is 17.4 Å². The van der Waals surface area contributed by atoms with E-state index in [9.17, 15) is 9.59 Å². The largest absolute Gasteiger partial charge is 0.340 e. The number of rotatable bonds is 5. The van der Waals surface area contributed by atoms with Crippen LogP contribution < -0.4 is 5.56 Å². The van der Waals surface area contributed by atoms with Gasteiger partial charge >= 0.3 is 0 Å². The molecule has 0 spiro atoms. The van der Waals surface area contributed by atoms with Gasteiger partial charge < -0.3 is 4.90 Å². The van der Waals surface area contributed by atoms with Gasteiger partial charge in [-0.25, -0.2) is 9.67 Å². The molecule has 0 fully saturated rings. The van der Waals surface area contributed by atoms with Gasteiger partial charge in [-0.15, -0.1) is 0 Å². The molecule has 146 valence electrons. The Labute approximate surface area is 167 Å². The van der Waals surface area contributed by atoms with Crippen LogP contribution in [0, 0.1) is 6.92 Å². The van der Waals surface area contributed by atoms with Gasteiger partial charge in [-0.2, -0.15) is 5.10 Å². The summed E-state index contributed by atoms with van der Waals surface area (Å²) in [5, 5.41) is 4.87. The predicted octanol–water partition coefficient (Wildman–Crippen LogP) is 2.55. The zero-order valence-electron chi connectivity index (χ0n) is 16.3. The number of hydrogen-bond donors (Lipinski definition) is 0. The third-order valence-corrected chi connectivity index (χ3v) is 4.86. The lowest BCUT2D eigenvalue weighted by Crippen LogP contribution is -2.33. The second-order valence-electron chi connectivity index (χ2n) is 7.03. The molecule has 0 N–H and O–H groups in total. The van der Waals surface area contributed by atoms with Crippen LogP contribution in [0.4, 0.5) is 0 Å². The predicted molar refractivity (Wildman–Crippen MR) is 111 cm³/mol. The quantitative estimate of drug-likeness (QED) is 0.528. The Bertz CT molecular complexity index is 1230. The highest BCUT2D eigenvalue weighted by Crippen LogP contribution is 2.12. The molecule has 0 aliphatic heterocycles. The van der Waals surface area contributed by atoms with Gasteiger partial charge in [-0.1, -0.05) is 30.3 Å². The number of aryl methyl sites for hydroxylation is 1. The summed E-state index contributed by atoms with van der Waals surface area (Å²) in [6.45, 7) is 2.26. The lowest BCUT2D eigenvalue weighted by atomic mass is 10.1. The van der Waals surface area contributed by atoms with Crippen molar-refractivity contribution in [3.8, 4) is 5.69 Å². The SMILES string of the molecule is Cc1cccc2c(=O)n(CC(=O)N(C)Cc3cnn(-c4ccccc4)c3)cnc12. The van der Waals surface area contributed by atoms with E-state index in [1.807, 2.05) is 55.6 Å². The molecule has 0 saturated heterocycles. The molecule has 4 rings (SSSR count). The average molecular weight is 387 g/mol. The van der Waals surface area contributed by atoms with Crippen LogP contribution in [0.15, 0.2) is 72.0 Å². The highest BCUT2D eigenvalue weighted by Gasteiger charge is 2.14. The Balaban J connectivity index is 1.48. The van der Waals surface area contributed by atoms with E-state index >= 15 is 0 Å². The molecule has 7 heteroatoms. The maximum atomic E-state index is 12.7. The van der Waals surface area contributed by atoms with Gasteiger partial charge in [0.1, 0.15) is 6.54 Å². The fraction of sp³-hybridized carbons (Fsp3) is 0.182. The average Bonchev–Trinajstić information content (AvgIpc) is 3.19. The van der Waals surface area contributed by atoms with Crippen molar-refractivity contribution >= 4 is 16.8 Å². The molecule has 0 aliphatic rings. The van der Waals surface area contributed by atoms with Crippen LogP contribution in [-0.2, 0) is 17.9 Å². The highest BCUT2D eigenvalue weighted by molar-refractivity contribution is 5.81. The molecule has 0 radical (unpaired) electrons. The second-order valence-corrected chi connectivity index (χ2v) is 7.03. The molecule has 2 aromatic heterocycles. The van der Waals surface area contributed by atoms with Crippen molar-refractivity contribution in [1.29, 1.82) is 0 Å². The minimum atomic E-state index is -0.211. The van der Waals surface area contributed by atoms with Crippen LogP contribution in [0.1, 0.15) is 11.1 Å². The standard InChI is InChI=1S/C22H21N5O2/c1-16-7-6-10-19-21(16)23-15-26(22(19)29)14-20(28)25(2)12-17-11-24-27(13-17)18-8-4-3-5-9-18/h3-11,13,15H,12,14H2,1-2H3. The first-order valence-corrected chi connectivity index (χ1v) is 9.30. The van der Waals surface area contributed by atoms with Gasteiger partial charge in [-0.05, 0) is 30.7 Å². The monoisotopic (exact) mass is 387 g/mol. The Morgan fingerprint density at radius 3 is 2.69 bits per heavy atom. The minimum absolute atomic E-state index is 0.0565. The Hall–Kier alpha value is -3.74. The van der Waals surface area contributed by atoms with E-state index in [2.05, 4.69) is 10.1 Å². The van der Waals surface area contributed by atoms with Crippen molar-refractivity contribution in [3.63, 3.8) is 0 Å². The molecule has 2 aromatic carbocycles. The Morgan fingerprint density at radius 2 is 1.90 bits per heavy atom. The summed E-state index contributed by atoms with van der Waals surface area (Å²) in [5.41, 5.74) is 3.26. The smallest absolute Gasteiger partial charge is 0.261 e. The van der Waals surface area contributed by atoms with Crippen LogP contribution in [0.25, 0.3) is 16.6 Å². The summed E-state index contributed by atoms with van der Waals surface area (Å²) < 4.78 is 3.13. The van der Waals surface area contributed by atoms with Gasteiger partial charge in [0.2, 0.25) is 5.91 Å². The molecule has 0 atom stereocenters. The van der Waals surface area contributed by atoms with Crippen LogP contribution in [0.5, 0.6) is 0 Å². The first-order chi connectivity index (χ1) is 14.0. The number of likely N-dealkylation sites (N-methyl/N-ethyl adjacent to an activating group) is 1. The highest BCUT2D eigenvalue weighted by atomic mass is 16.2. The number of nitrogens with zero attached hydrogens (tertiary/aromatic N) is 5. The zero-order valence-corrected chi connectivity index (χ0v) is 16.3. The van der Waals surface area contributed by atoms with Crippen molar-refractivity contribution in [2.45, 2.75) is 20.0 Å². The second kappa shape index (κ2) is 7.71. The third kappa shape index (κ3) is 3.80. The topological polar surface area (TPSA) is 73.0 Å². The van der Waals surface area contributed by atoms with Gasteiger partial charge in [-0.3, -0.25) is 14.2 Å². The van der Waals surface area contributed by atoms with Crippen LogP contribution in [-0.4, -0.2) is 37.2 Å². The summed E-state index contributed by atoms with van der Waals surface area (Å²) in [6.07, 6.45) is 5.08. The molecule has 0 bridgehead atoms. The normalized spacial score (nSPS) is 11.0. The zero-order chi connectivity index (χ0) is 20.4. The lowest BCUT2D eigenvalue weighted by molar-refractivity contribution is -0.131. The molecule has 1 amide bonds. The molecule has 0 saturated carbocycles. The van der Waals surface area contributed by atoms with E-state index in [4.69, 9.17) is 0 Å². The van der Waals surface area contributed by atoms with Crippen LogP contribution in [0.2, 0.25) is 0 Å². The molecular formula is C22H21N5O2. The molecule has 7 nitrogen and oxygen atoms in total. The van der Waals surface area contributed by atoms with Crippen molar-refractivity contribution in [1.82, 2.24) is 24.2 Å². The van der Waals surface area contributed by atoms with Crippen molar-refractivity contribution < 1.29 is 4.79 Å². The van der Waals surface area contributed by atoms with Crippen molar-refractivity contribution in [2.75, 3.05) is 7.05 Å². The molecule has 0 aliphatic carbocycles. The summed E-state index contributed by atoms with van der Waals surface area (Å²) in [6, 6.07) is 15.2. The first kappa shape index (κ1) is 18.6. The van der Waals surface area contributed by atoms with Crippen LogP contribution >= 0.6 is 0 Å². The maximum absolute atomic E-state index is 12.7. The van der Waals surface area contributed by atoms with E-state index in [1.54, 1.807) is 28.9 Å². The van der Waals surface area contributed by atoms with Crippen LogP contribution in [0.3, 0.4) is 0 Å². The summed E-state index contributed by atoms with van der Waals surface area (Å²) >= 11 is 0. The number of amides is 1. The fourth-order valence-electron chi connectivity index (χ4n) is 3.24. The van der Waals surface area contributed by atoms with Gasteiger partial charge in [0.05, 0.1) is 29.1 Å². The van der Waals surface area contributed by atoms with E-state index in [1.165, 1.54) is 10.9 Å². The molecule has 29 heavy (non-hydrogen) atoms. The molecule has 0 unspecified atom stereocenters. The minimum Gasteiger partial charge on any atom is -0.340 e. The number of benzene rings is 2. The maximum Gasteiger partial charge on any atom is 0.261 e. The van der Waals surface area contributed by atoms with E-state index < -0.39 is 0 Å². The fourth-order valence-corrected chi connectivity index (χ4v) is 3.24. The summed E-state index contributed by atoms with van der Waals surface area (Å²) in [5.74, 6) is -0.173. The van der Waals surface area contributed by atoms with E-state index in [0.717, 1.165) is 16.8 Å². The molecule has 2 heterocycles. The van der Waals surface area contributed by atoms with Gasteiger partial charge in [0, 0.05) is 25.4 Å². The Morgan fingerprint density at radius 1 is 1.10 bits per heavy atom. The molecular weight excluding hydrogens is 366 g/mol. The van der Waals surface area contributed by atoms with Crippen molar-refractivity contribution in [2.24, 2.45) is 0 Å².